The highest BCUT2D eigenvalue weighted by atomic mass is 15.2. The third-order valence-corrected chi connectivity index (χ3v) is 4.26. The lowest BCUT2D eigenvalue weighted by Crippen LogP contribution is -2.43. The van der Waals surface area contributed by atoms with Crippen LogP contribution in [0.1, 0.15) is 48.8 Å². The fourth-order valence-electron chi connectivity index (χ4n) is 3.08. The number of nitrogens with two attached hydrogens (primary N) is 1. The number of hydrogen-bond acceptors (Lipinski definition) is 2. The largest absolute Gasteiger partial charge is 0.326 e. The van der Waals surface area contributed by atoms with E-state index in [0.29, 0.717) is 12.1 Å². The van der Waals surface area contributed by atoms with Crippen molar-refractivity contribution < 1.29 is 0 Å². The maximum Gasteiger partial charge on any atom is 0.0496 e. The minimum Gasteiger partial charge on any atom is -0.326 e. The van der Waals surface area contributed by atoms with Gasteiger partial charge in [0.2, 0.25) is 0 Å². The molecule has 2 nitrogen and oxygen atoms in total. The second kappa shape index (κ2) is 4.43. The molecule has 1 aliphatic heterocycles. The summed E-state index contributed by atoms with van der Waals surface area (Å²) in [5.41, 5.74) is 9.18. The lowest BCUT2D eigenvalue weighted by Gasteiger charge is -2.37. The zero-order valence-electron chi connectivity index (χ0n) is 10.6. The average molecular weight is 230 g/mol. The Hall–Kier alpha value is -0.860. The van der Waals surface area contributed by atoms with Crippen LogP contribution in [0.15, 0.2) is 24.3 Å². The molecule has 1 saturated heterocycles. The molecule has 0 bridgehead atoms. The summed E-state index contributed by atoms with van der Waals surface area (Å²) >= 11 is 0. The molecule has 0 amide bonds. The zero-order valence-corrected chi connectivity index (χ0v) is 10.6. The van der Waals surface area contributed by atoms with Crippen LogP contribution in [-0.2, 0) is 0 Å². The Balaban J connectivity index is 1.81. The predicted octanol–water partition coefficient (Wildman–Crippen LogP) is 2.66. The number of hydrogen-bond donors (Lipinski definition) is 1. The van der Waals surface area contributed by atoms with Crippen LogP contribution in [0.25, 0.3) is 0 Å². The summed E-state index contributed by atoms with van der Waals surface area (Å²) in [6.07, 6.45) is 5.14. The van der Waals surface area contributed by atoms with E-state index in [1.807, 2.05) is 0 Å². The predicted molar refractivity (Wildman–Crippen MR) is 71.0 cm³/mol. The highest BCUT2D eigenvalue weighted by Gasteiger charge is 2.28. The number of nitrogens with zero attached hydrogens (tertiary/aromatic N) is 1. The summed E-state index contributed by atoms with van der Waals surface area (Å²) in [5.74, 6) is 0.849. The molecule has 0 radical (unpaired) electrons. The van der Waals surface area contributed by atoms with Gasteiger partial charge in [-0.3, -0.25) is 4.90 Å². The van der Waals surface area contributed by atoms with E-state index in [-0.39, 0.29) is 0 Å². The Morgan fingerprint density at radius 1 is 1.06 bits per heavy atom. The van der Waals surface area contributed by atoms with Gasteiger partial charge in [-0.05, 0) is 56.3 Å². The number of benzene rings is 1. The van der Waals surface area contributed by atoms with E-state index in [0.717, 1.165) is 12.3 Å². The molecule has 1 heterocycles. The Labute approximate surface area is 104 Å². The monoisotopic (exact) mass is 230 g/mol. The number of rotatable bonds is 2. The van der Waals surface area contributed by atoms with Crippen molar-refractivity contribution in [2.75, 3.05) is 13.6 Å². The second-order valence-corrected chi connectivity index (χ2v) is 5.67. The van der Waals surface area contributed by atoms with E-state index in [4.69, 9.17) is 5.73 Å². The molecule has 17 heavy (non-hydrogen) atoms. The number of likely N-dealkylation sites (tertiary alicyclic amines) is 1. The Bertz CT molecular complexity index is 370. The van der Waals surface area contributed by atoms with E-state index in [2.05, 4.69) is 36.2 Å². The molecular weight excluding hydrogens is 208 g/mol. The summed E-state index contributed by atoms with van der Waals surface area (Å²) in [6, 6.07) is 9.90. The molecule has 2 unspecified atom stereocenters. The molecule has 1 aliphatic carbocycles. The first-order valence-electron chi connectivity index (χ1n) is 6.81. The standard InChI is InChI=1S/C15H22N2/c1-17-10-2-3-14(16)15(17)13-8-6-12(7-9-13)11-4-5-11/h6-9,11,14-15H,2-5,10,16H2,1H3. The maximum absolute atomic E-state index is 6.27. The lowest BCUT2D eigenvalue weighted by atomic mass is 9.91. The topological polar surface area (TPSA) is 29.3 Å². The van der Waals surface area contributed by atoms with Crippen LogP contribution >= 0.6 is 0 Å². The van der Waals surface area contributed by atoms with E-state index in [9.17, 15) is 0 Å². The molecule has 2 heteroatoms. The van der Waals surface area contributed by atoms with Gasteiger partial charge in [0, 0.05) is 12.1 Å². The van der Waals surface area contributed by atoms with Gasteiger partial charge in [0.15, 0.2) is 0 Å². The average Bonchev–Trinajstić information content (AvgIpc) is 3.14. The summed E-state index contributed by atoms with van der Waals surface area (Å²) in [6.45, 7) is 1.17. The van der Waals surface area contributed by atoms with Crippen LogP contribution in [0.4, 0.5) is 0 Å². The molecule has 0 aromatic heterocycles. The van der Waals surface area contributed by atoms with Crippen LogP contribution in [0.5, 0.6) is 0 Å². The minimum absolute atomic E-state index is 0.292. The first-order chi connectivity index (χ1) is 8.25. The van der Waals surface area contributed by atoms with Gasteiger partial charge in [-0.25, -0.2) is 0 Å². The molecule has 2 atom stereocenters. The van der Waals surface area contributed by atoms with Crippen molar-refractivity contribution in [2.45, 2.75) is 43.7 Å². The number of likely N-dealkylation sites (N-methyl/N-ethyl adjacent to an activating group) is 1. The van der Waals surface area contributed by atoms with E-state index < -0.39 is 0 Å². The van der Waals surface area contributed by atoms with Crippen LogP contribution in [0.3, 0.4) is 0 Å². The Morgan fingerprint density at radius 2 is 1.71 bits per heavy atom. The molecule has 2 N–H and O–H groups in total. The Kier molecular flexibility index (Phi) is 2.93. The summed E-state index contributed by atoms with van der Waals surface area (Å²) in [4.78, 5) is 2.40. The van der Waals surface area contributed by atoms with Gasteiger partial charge in [0.25, 0.3) is 0 Å². The summed E-state index contributed by atoms with van der Waals surface area (Å²) < 4.78 is 0. The highest BCUT2D eigenvalue weighted by Crippen LogP contribution is 2.40. The van der Waals surface area contributed by atoms with Gasteiger partial charge in [-0.15, -0.1) is 0 Å². The third-order valence-electron chi connectivity index (χ3n) is 4.26. The Morgan fingerprint density at radius 3 is 2.29 bits per heavy atom. The molecule has 1 saturated carbocycles. The van der Waals surface area contributed by atoms with Crippen LogP contribution in [0, 0.1) is 0 Å². The van der Waals surface area contributed by atoms with Crippen molar-refractivity contribution in [1.29, 1.82) is 0 Å². The fourth-order valence-corrected chi connectivity index (χ4v) is 3.08. The van der Waals surface area contributed by atoms with Crippen LogP contribution in [0.2, 0.25) is 0 Å². The van der Waals surface area contributed by atoms with Gasteiger partial charge in [0.1, 0.15) is 0 Å². The second-order valence-electron chi connectivity index (χ2n) is 5.67. The van der Waals surface area contributed by atoms with Gasteiger partial charge < -0.3 is 5.73 Å². The van der Waals surface area contributed by atoms with Crippen molar-refractivity contribution in [3.8, 4) is 0 Å². The van der Waals surface area contributed by atoms with E-state index >= 15 is 0 Å². The minimum atomic E-state index is 0.292. The summed E-state index contributed by atoms with van der Waals surface area (Å²) in [5, 5.41) is 0. The van der Waals surface area contributed by atoms with E-state index in [1.165, 1.54) is 36.9 Å². The van der Waals surface area contributed by atoms with Crippen molar-refractivity contribution in [3.63, 3.8) is 0 Å². The van der Waals surface area contributed by atoms with Gasteiger partial charge in [0.05, 0.1) is 0 Å². The summed E-state index contributed by atoms with van der Waals surface area (Å²) in [7, 11) is 2.19. The highest BCUT2D eigenvalue weighted by molar-refractivity contribution is 5.30. The number of piperidine rings is 1. The maximum atomic E-state index is 6.27. The van der Waals surface area contributed by atoms with Crippen molar-refractivity contribution in [3.05, 3.63) is 35.4 Å². The normalized spacial score (nSPS) is 30.5. The first-order valence-corrected chi connectivity index (χ1v) is 6.81. The van der Waals surface area contributed by atoms with Crippen LogP contribution in [-0.4, -0.2) is 24.5 Å². The lowest BCUT2D eigenvalue weighted by molar-refractivity contribution is 0.163. The molecule has 0 spiro atoms. The quantitative estimate of drug-likeness (QED) is 0.846. The molecular formula is C15H22N2. The molecule has 1 aromatic carbocycles. The van der Waals surface area contributed by atoms with Gasteiger partial charge >= 0.3 is 0 Å². The SMILES string of the molecule is CN1CCCC(N)C1c1ccc(C2CC2)cc1. The molecule has 1 aromatic rings. The van der Waals surface area contributed by atoms with Crippen molar-refractivity contribution in [2.24, 2.45) is 5.73 Å². The fraction of sp³-hybridized carbons (Fsp3) is 0.600. The van der Waals surface area contributed by atoms with Gasteiger partial charge in [-0.1, -0.05) is 24.3 Å². The van der Waals surface area contributed by atoms with Crippen molar-refractivity contribution in [1.82, 2.24) is 4.90 Å². The zero-order chi connectivity index (χ0) is 11.8. The third kappa shape index (κ3) is 2.24. The first kappa shape index (κ1) is 11.2. The van der Waals surface area contributed by atoms with Gasteiger partial charge in [-0.2, -0.15) is 0 Å². The van der Waals surface area contributed by atoms with Crippen LogP contribution < -0.4 is 5.73 Å². The molecule has 92 valence electrons. The molecule has 2 fully saturated rings. The smallest absolute Gasteiger partial charge is 0.0496 e. The van der Waals surface area contributed by atoms with Crippen molar-refractivity contribution >= 4 is 0 Å². The van der Waals surface area contributed by atoms with E-state index in [1.54, 1.807) is 0 Å². The molecule has 3 rings (SSSR count). The molecule has 2 aliphatic rings.